The van der Waals surface area contributed by atoms with Crippen LogP contribution in [0.5, 0.6) is 0 Å². The summed E-state index contributed by atoms with van der Waals surface area (Å²) in [7, 11) is 1.82. The van der Waals surface area contributed by atoms with Crippen molar-refractivity contribution in [1.29, 1.82) is 0 Å². The summed E-state index contributed by atoms with van der Waals surface area (Å²) in [6.07, 6.45) is 10.6. The average Bonchev–Trinajstić information content (AvgIpc) is 2.83. The van der Waals surface area contributed by atoms with Crippen LogP contribution in [-0.2, 0) is 4.74 Å². The third-order valence-electron chi connectivity index (χ3n) is 4.90. The normalized spacial score (nSPS) is 47.0. The van der Waals surface area contributed by atoms with Crippen molar-refractivity contribution in [2.45, 2.75) is 50.8 Å². The van der Waals surface area contributed by atoms with Gasteiger partial charge in [-0.15, -0.1) is 0 Å². The van der Waals surface area contributed by atoms with Gasteiger partial charge in [0.25, 0.3) is 0 Å². The molecule has 4 unspecified atom stereocenters. The zero-order valence-corrected chi connectivity index (χ0v) is 10.4. The Morgan fingerprint density at radius 2 is 2.00 bits per heavy atom. The van der Waals surface area contributed by atoms with E-state index in [4.69, 9.17) is 4.74 Å². The van der Waals surface area contributed by atoms with Gasteiger partial charge >= 0.3 is 0 Å². The van der Waals surface area contributed by atoms with E-state index in [9.17, 15) is 0 Å². The van der Waals surface area contributed by atoms with E-state index in [1.54, 1.807) is 0 Å². The molecule has 2 saturated carbocycles. The number of hydrogen-bond acceptors (Lipinski definition) is 2. The van der Waals surface area contributed by atoms with Crippen LogP contribution in [0.4, 0.5) is 0 Å². The first-order chi connectivity index (χ1) is 7.76. The van der Waals surface area contributed by atoms with E-state index in [2.05, 4.69) is 24.4 Å². The van der Waals surface area contributed by atoms with E-state index < -0.39 is 0 Å². The first kappa shape index (κ1) is 10.8. The maximum Gasteiger partial charge on any atom is 0.0601 e. The number of allylic oxidation sites excluding steroid dienone is 2. The highest BCUT2D eigenvalue weighted by atomic mass is 16.5. The molecule has 1 N–H and O–H groups in total. The summed E-state index contributed by atoms with van der Waals surface area (Å²) in [6.45, 7) is 2.37. The lowest BCUT2D eigenvalue weighted by molar-refractivity contribution is 0.0121. The highest BCUT2D eigenvalue weighted by Crippen LogP contribution is 2.45. The Morgan fingerprint density at radius 1 is 1.19 bits per heavy atom. The quantitative estimate of drug-likeness (QED) is 0.736. The Labute approximate surface area is 98.4 Å². The van der Waals surface area contributed by atoms with Crippen molar-refractivity contribution in [1.82, 2.24) is 5.32 Å². The molecule has 0 aliphatic heterocycles. The zero-order chi connectivity index (χ0) is 11.1. The number of fused-ring (bicyclic) bond motifs is 2. The van der Waals surface area contributed by atoms with E-state index in [0.29, 0.717) is 18.2 Å². The number of ether oxygens (including phenoxy) is 1. The van der Waals surface area contributed by atoms with Crippen molar-refractivity contribution in [3.63, 3.8) is 0 Å². The molecule has 0 spiro atoms. The summed E-state index contributed by atoms with van der Waals surface area (Å²) < 4.78 is 5.32. The summed E-state index contributed by atoms with van der Waals surface area (Å²) in [6, 6.07) is 1.39. The molecule has 0 aromatic rings. The van der Waals surface area contributed by atoms with Crippen molar-refractivity contribution < 1.29 is 4.74 Å². The van der Waals surface area contributed by atoms with Gasteiger partial charge in [-0.1, -0.05) is 12.2 Å². The monoisotopic (exact) mass is 221 g/mol. The fourth-order valence-corrected chi connectivity index (χ4v) is 3.79. The fraction of sp³-hybridized carbons (Fsp3) is 0.857. The summed E-state index contributed by atoms with van der Waals surface area (Å²) in [4.78, 5) is 0. The van der Waals surface area contributed by atoms with Crippen LogP contribution in [0.25, 0.3) is 0 Å². The van der Waals surface area contributed by atoms with E-state index in [0.717, 1.165) is 17.8 Å². The minimum absolute atomic E-state index is 0.518. The van der Waals surface area contributed by atoms with Crippen molar-refractivity contribution in [3.05, 3.63) is 12.2 Å². The molecule has 2 heteroatoms. The molecule has 2 bridgehead atoms. The molecular formula is C14H23NO. The molecular weight excluding hydrogens is 198 g/mol. The molecule has 2 nitrogen and oxygen atoms in total. The maximum atomic E-state index is 5.32. The fourth-order valence-electron chi connectivity index (χ4n) is 3.79. The number of rotatable bonds is 4. The molecule has 3 rings (SSSR count). The zero-order valence-electron chi connectivity index (χ0n) is 10.4. The Morgan fingerprint density at radius 3 is 2.56 bits per heavy atom. The molecule has 2 fully saturated rings. The van der Waals surface area contributed by atoms with Crippen LogP contribution < -0.4 is 5.32 Å². The Bertz CT molecular complexity index is 282. The van der Waals surface area contributed by atoms with Crippen LogP contribution in [0.15, 0.2) is 12.2 Å². The van der Waals surface area contributed by atoms with Gasteiger partial charge in [0.15, 0.2) is 0 Å². The minimum Gasteiger partial charge on any atom is -0.381 e. The molecule has 0 radical (unpaired) electrons. The maximum absolute atomic E-state index is 5.32. The second-order valence-corrected chi connectivity index (χ2v) is 5.93. The van der Waals surface area contributed by atoms with Gasteiger partial charge in [0.1, 0.15) is 0 Å². The molecule has 90 valence electrons. The summed E-state index contributed by atoms with van der Waals surface area (Å²) in [5.74, 6) is 2.65. The lowest BCUT2D eigenvalue weighted by Gasteiger charge is -2.39. The molecule has 3 aliphatic rings. The van der Waals surface area contributed by atoms with Gasteiger partial charge in [0, 0.05) is 19.2 Å². The SMILES string of the molecule is COC1CC(NC(C)C2CC3C=CC2C3)C1. The van der Waals surface area contributed by atoms with Crippen molar-refractivity contribution in [3.8, 4) is 0 Å². The lowest BCUT2D eigenvalue weighted by Crippen LogP contribution is -2.50. The van der Waals surface area contributed by atoms with Gasteiger partial charge in [-0.2, -0.15) is 0 Å². The molecule has 0 aromatic carbocycles. The smallest absolute Gasteiger partial charge is 0.0601 e. The second-order valence-electron chi connectivity index (χ2n) is 5.93. The van der Waals surface area contributed by atoms with Crippen LogP contribution in [0.1, 0.15) is 32.6 Å². The topological polar surface area (TPSA) is 21.3 Å². The first-order valence-electron chi connectivity index (χ1n) is 6.73. The van der Waals surface area contributed by atoms with Gasteiger partial charge in [-0.3, -0.25) is 0 Å². The Hall–Kier alpha value is -0.340. The number of nitrogens with one attached hydrogen (secondary N) is 1. The van der Waals surface area contributed by atoms with Crippen LogP contribution in [0, 0.1) is 17.8 Å². The van der Waals surface area contributed by atoms with E-state index in [1.165, 1.54) is 25.7 Å². The molecule has 3 aliphatic carbocycles. The molecule has 0 amide bonds. The van der Waals surface area contributed by atoms with E-state index in [-0.39, 0.29) is 0 Å². The Balaban J connectivity index is 1.48. The number of methoxy groups -OCH3 is 1. The van der Waals surface area contributed by atoms with Crippen LogP contribution in [-0.4, -0.2) is 25.3 Å². The molecule has 4 atom stereocenters. The van der Waals surface area contributed by atoms with Crippen LogP contribution >= 0.6 is 0 Å². The summed E-state index contributed by atoms with van der Waals surface area (Å²) >= 11 is 0. The van der Waals surface area contributed by atoms with Gasteiger partial charge in [-0.05, 0) is 50.4 Å². The lowest BCUT2D eigenvalue weighted by atomic mass is 9.84. The largest absolute Gasteiger partial charge is 0.381 e. The number of hydrogen-bond donors (Lipinski definition) is 1. The standard InChI is InChI=1S/C14H23NO/c1-9(15-12-7-13(8-12)16-2)14-6-10-3-4-11(14)5-10/h3-4,9-15H,5-8H2,1-2H3. The van der Waals surface area contributed by atoms with Crippen LogP contribution in [0.3, 0.4) is 0 Å². The molecule has 0 saturated heterocycles. The minimum atomic E-state index is 0.518. The summed E-state index contributed by atoms with van der Waals surface area (Å²) in [5.41, 5.74) is 0. The van der Waals surface area contributed by atoms with E-state index in [1.807, 2.05) is 7.11 Å². The second kappa shape index (κ2) is 4.15. The van der Waals surface area contributed by atoms with Crippen LogP contribution in [0.2, 0.25) is 0 Å². The molecule has 0 heterocycles. The van der Waals surface area contributed by atoms with Crippen molar-refractivity contribution in [2.24, 2.45) is 17.8 Å². The molecule has 16 heavy (non-hydrogen) atoms. The van der Waals surface area contributed by atoms with Crippen molar-refractivity contribution >= 4 is 0 Å². The molecule has 0 aromatic heterocycles. The summed E-state index contributed by atoms with van der Waals surface area (Å²) in [5, 5.41) is 3.79. The predicted octanol–water partition coefficient (Wildman–Crippen LogP) is 2.35. The van der Waals surface area contributed by atoms with Gasteiger partial charge < -0.3 is 10.1 Å². The highest BCUT2D eigenvalue weighted by molar-refractivity contribution is 5.12. The van der Waals surface area contributed by atoms with Gasteiger partial charge in [0.2, 0.25) is 0 Å². The van der Waals surface area contributed by atoms with Crippen molar-refractivity contribution in [2.75, 3.05) is 7.11 Å². The first-order valence-corrected chi connectivity index (χ1v) is 6.73. The Kier molecular flexibility index (Phi) is 2.80. The van der Waals surface area contributed by atoms with E-state index >= 15 is 0 Å². The third kappa shape index (κ3) is 1.82. The highest BCUT2D eigenvalue weighted by Gasteiger charge is 2.40. The van der Waals surface area contributed by atoms with Gasteiger partial charge in [-0.25, -0.2) is 0 Å². The predicted molar refractivity (Wildman–Crippen MR) is 65.3 cm³/mol. The van der Waals surface area contributed by atoms with Gasteiger partial charge in [0.05, 0.1) is 6.10 Å². The third-order valence-corrected chi connectivity index (χ3v) is 4.90. The average molecular weight is 221 g/mol.